The number of aryl methyl sites for hydroxylation is 1. The predicted octanol–water partition coefficient (Wildman–Crippen LogP) is 3.63. The first-order valence-electron chi connectivity index (χ1n) is 5.75. The lowest BCUT2D eigenvalue weighted by atomic mass is 10.00. The van der Waals surface area contributed by atoms with Crippen molar-refractivity contribution in [1.82, 2.24) is 4.98 Å². The molecule has 0 aliphatic rings. The van der Waals surface area contributed by atoms with Gasteiger partial charge >= 0.3 is 6.18 Å². The molecule has 1 N–H and O–H groups in total. The second-order valence-corrected chi connectivity index (χ2v) is 4.44. The molecule has 106 valence electrons. The number of nitrogens with zero attached hydrogens (tertiary/aromatic N) is 1. The minimum Gasteiger partial charge on any atom is -0.384 e. The third-order valence-corrected chi connectivity index (χ3v) is 2.82. The van der Waals surface area contributed by atoms with Gasteiger partial charge in [-0.05, 0) is 30.2 Å². The van der Waals surface area contributed by atoms with Gasteiger partial charge in [0.1, 0.15) is 11.9 Å². The molecule has 1 aromatic carbocycles. The van der Waals surface area contributed by atoms with Gasteiger partial charge in [-0.2, -0.15) is 13.2 Å². The number of benzene rings is 1. The molecule has 0 saturated heterocycles. The summed E-state index contributed by atoms with van der Waals surface area (Å²) in [5, 5.41) is 10.1. The number of halogens is 4. The van der Waals surface area contributed by atoms with Gasteiger partial charge in [0.15, 0.2) is 0 Å². The molecule has 0 fully saturated rings. The van der Waals surface area contributed by atoms with E-state index in [0.717, 1.165) is 11.6 Å². The van der Waals surface area contributed by atoms with Crippen molar-refractivity contribution in [2.75, 3.05) is 0 Å². The summed E-state index contributed by atoms with van der Waals surface area (Å²) < 4.78 is 51.1. The van der Waals surface area contributed by atoms with Crippen LogP contribution >= 0.6 is 0 Å². The molecule has 0 aliphatic heterocycles. The minimum absolute atomic E-state index is 0.0360. The Morgan fingerprint density at radius 2 is 1.80 bits per heavy atom. The molecule has 1 heterocycles. The van der Waals surface area contributed by atoms with Gasteiger partial charge in [-0.15, -0.1) is 0 Å². The molecule has 0 saturated carbocycles. The van der Waals surface area contributed by atoms with Crippen LogP contribution in [0, 0.1) is 12.7 Å². The molecule has 0 radical (unpaired) electrons. The summed E-state index contributed by atoms with van der Waals surface area (Å²) >= 11 is 0. The van der Waals surface area contributed by atoms with Crippen LogP contribution in [0.1, 0.15) is 28.4 Å². The Morgan fingerprint density at radius 3 is 2.40 bits per heavy atom. The predicted molar refractivity (Wildman–Crippen MR) is 64.4 cm³/mol. The number of pyridine rings is 1. The van der Waals surface area contributed by atoms with Crippen LogP contribution in [0.4, 0.5) is 17.6 Å². The smallest absolute Gasteiger partial charge is 0.384 e. The highest BCUT2D eigenvalue weighted by atomic mass is 19.4. The fraction of sp³-hybridized carbons (Fsp3) is 0.214. The number of aliphatic hydroxyl groups excluding tert-OH is 1. The van der Waals surface area contributed by atoms with Crippen molar-refractivity contribution in [3.63, 3.8) is 0 Å². The van der Waals surface area contributed by atoms with Gasteiger partial charge in [-0.1, -0.05) is 12.1 Å². The van der Waals surface area contributed by atoms with Gasteiger partial charge in [0, 0.05) is 18.0 Å². The van der Waals surface area contributed by atoms with E-state index in [1.807, 2.05) is 0 Å². The molecule has 1 aromatic heterocycles. The molecule has 0 spiro atoms. The van der Waals surface area contributed by atoms with E-state index in [1.165, 1.54) is 6.20 Å². The molecule has 20 heavy (non-hydrogen) atoms. The summed E-state index contributed by atoms with van der Waals surface area (Å²) in [4.78, 5) is 3.86. The first-order chi connectivity index (χ1) is 9.29. The summed E-state index contributed by atoms with van der Waals surface area (Å²) in [5.41, 5.74) is -0.315. The van der Waals surface area contributed by atoms with Crippen molar-refractivity contribution in [2.45, 2.75) is 19.2 Å². The topological polar surface area (TPSA) is 33.1 Å². The summed E-state index contributed by atoms with van der Waals surface area (Å²) in [6, 6.07) is 4.04. The van der Waals surface area contributed by atoms with Gasteiger partial charge in [0.05, 0.1) is 5.56 Å². The standard InChI is InChI=1S/C14H11F4NO/c1-8-4-10(7-19-6-8)13(20)9-2-3-12(15)11(5-9)14(16,17)18/h2-7,13,20H,1H3. The molecule has 0 amide bonds. The fourth-order valence-corrected chi connectivity index (χ4v) is 1.85. The van der Waals surface area contributed by atoms with Crippen LogP contribution in [-0.2, 0) is 6.18 Å². The van der Waals surface area contributed by atoms with Crippen molar-refractivity contribution in [3.8, 4) is 0 Å². The molecule has 0 aliphatic carbocycles. The Balaban J connectivity index is 2.43. The van der Waals surface area contributed by atoms with Gasteiger partial charge in [-0.3, -0.25) is 4.98 Å². The van der Waals surface area contributed by atoms with Crippen LogP contribution in [0.5, 0.6) is 0 Å². The molecule has 1 unspecified atom stereocenters. The third kappa shape index (κ3) is 2.96. The Bertz CT molecular complexity index is 625. The average Bonchev–Trinajstić information content (AvgIpc) is 2.37. The largest absolute Gasteiger partial charge is 0.419 e. The SMILES string of the molecule is Cc1cncc(C(O)c2ccc(F)c(C(F)(F)F)c2)c1. The molecule has 2 nitrogen and oxygen atoms in total. The normalized spacial score (nSPS) is 13.3. The first-order valence-corrected chi connectivity index (χ1v) is 5.75. The highest BCUT2D eigenvalue weighted by Crippen LogP contribution is 2.34. The van der Waals surface area contributed by atoms with E-state index in [-0.39, 0.29) is 5.56 Å². The van der Waals surface area contributed by atoms with Gasteiger partial charge in [-0.25, -0.2) is 4.39 Å². The van der Waals surface area contributed by atoms with E-state index < -0.39 is 23.7 Å². The maximum Gasteiger partial charge on any atom is 0.419 e. The second kappa shape index (κ2) is 5.20. The Kier molecular flexibility index (Phi) is 3.76. The molecule has 1 atom stereocenters. The molecular formula is C14H11F4NO. The number of alkyl halides is 3. The molecule has 6 heteroatoms. The molecule has 2 aromatic rings. The van der Waals surface area contributed by atoms with Crippen LogP contribution in [0.25, 0.3) is 0 Å². The van der Waals surface area contributed by atoms with E-state index in [4.69, 9.17) is 0 Å². The van der Waals surface area contributed by atoms with Crippen LogP contribution in [-0.4, -0.2) is 10.1 Å². The number of hydrogen-bond acceptors (Lipinski definition) is 2. The van der Waals surface area contributed by atoms with Crippen molar-refractivity contribution in [3.05, 3.63) is 64.7 Å². The van der Waals surface area contributed by atoms with E-state index in [0.29, 0.717) is 17.7 Å². The zero-order valence-corrected chi connectivity index (χ0v) is 10.4. The lowest BCUT2D eigenvalue weighted by Crippen LogP contribution is -2.10. The van der Waals surface area contributed by atoms with Gasteiger partial charge in [0.2, 0.25) is 0 Å². The van der Waals surface area contributed by atoms with Crippen molar-refractivity contribution < 1.29 is 22.7 Å². The van der Waals surface area contributed by atoms with Gasteiger partial charge in [0.25, 0.3) is 0 Å². The lowest BCUT2D eigenvalue weighted by molar-refractivity contribution is -0.140. The first kappa shape index (κ1) is 14.5. The zero-order valence-electron chi connectivity index (χ0n) is 10.4. The van der Waals surface area contributed by atoms with Gasteiger partial charge < -0.3 is 5.11 Å². The highest BCUT2D eigenvalue weighted by Gasteiger charge is 2.34. The minimum atomic E-state index is -4.80. The Morgan fingerprint density at radius 1 is 1.10 bits per heavy atom. The number of aromatic nitrogens is 1. The van der Waals surface area contributed by atoms with Crippen LogP contribution in [0.3, 0.4) is 0 Å². The van der Waals surface area contributed by atoms with Crippen LogP contribution in [0.15, 0.2) is 36.7 Å². The molecular weight excluding hydrogens is 274 g/mol. The summed E-state index contributed by atoms with van der Waals surface area (Å²) in [6.07, 6.45) is -3.18. The summed E-state index contributed by atoms with van der Waals surface area (Å²) in [6.45, 7) is 1.75. The fourth-order valence-electron chi connectivity index (χ4n) is 1.85. The summed E-state index contributed by atoms with van der Waals surface area (Å²) in [5.74, 6) is -1.36. The number of hydrogen-bond donors (Lipinski definition) is 1. The van der Waals surface area contributed by atoms with Crippen molar-refractivity contribution in [1.29, 1.82) is 0 Å². The number of rotatable bonds is 2. The van der Waals surface area contributed by atoms with Crippen molar-refractivity contribution >= 4 is 0 Å². The monoisotopic (exact) mass is 285 g/mol. The Labute approximate surface area is 112 Å². The molecule has 2 rings (SSSR count). The number of aliphatic hydroxyl groups is 1. The zero-order chi connectivity index (χ0) is 14.9. The molecule has 0 bridgehead atoms. The maximum atomic E-state index is 13.2. The lowest BCUT2D eigenvalue weighted by Gasteiger charge is -2.15. The maximum absolute atomic E-state index is 13.2. The van der Waals surface area contributed by atoms with E-state index in [2.05, 4.69) is 4.98 Å². The van der Waals surface area contributed by atoms with Crippen molar-refractivity contribution in [2.24, 2.45) is 0 Å². The third-order valence-electron chi connectivity index (χ3n) is 2.82. The average molecular weight is 285 g/mol. The van der Waals surface area contributed by atoms with Crippen LogP contribution < -0.4 is 0 Å². The highest BCUT2D eigenvalue weighted by molar-refractivity contribution is 5.34. The van der Waals surface area contributed by atoms with E-state index in [1.54, 1.807) is 19.2 Å². The van der Waals surface area contributed by atoms with Crippen LogP contribution in [0.2, 0.25) is 0 Å². The van der Waals surface area contributed by atoms with E-state index >= 15 is 0 Å². The second-order valence-electron chi connectivity index (χ2n) is 4.44. The quantitative estimate of drug-likeness (QED) is 0.855. The van der Waals surface area contributed by atoms with E-state index in [9.17, 15) is 22.7 Å². The Hall–Kier alpha value is -1.95. The summed E-state index contributed by atoms with van der Waals surface area (Å²) in [7, 11) is 0.